The lowest BCUT2D eigenvalue weighted by Crippen LogP contribution is -2.51. The Morgan fingerprint density at radius 1 is 0.861 bits per heavy atom. The lowest BCUT2D eigenvalue weighted by Gasteiger charge is -2.55. The van der Waals surface area contributed by atoms with Gasteiger partial charge in [-0.15, -0.1) is 0 Å². The third kappa shape index (κ3) is 4.68. The number of nitrogens with zero attached hydrogens (tertiary/aromatic N) is 2. The summed E-state index contributed by atoms with van der Waals surface area (Å²) >= 11 is 0. The Labute approximate surface area is 215 Å². The van der Waals surface area contributed by atoms with Crippen molar-refractivity contribution in [3.8, 4) is 0 Å². The zero-order valence-corrected chi connectivity index (χ0v) is 21.6. The summed E-state index contributed by atoms with van der Waals surface area (Å²) < 4.78 is 0. The van der Waals surface area contributed by atoms with E-state index in [1.165, 1.54) is 24.8 Å². The van der Waals surface area contributed by atoms with Gasteiger partial charge in [-0.05, 0) is 112 Å². The average molecular weight is 492 g/mol. The summed E-state index contributed by atoms with van der Waals surface area (Å²) in [7, 11) is 0. The normalized spacial score (nSPS) is 32.8. The number of carbonyl (C=O) groups excluding carboxylic acids is 3. The van der Waals surface area contributed by atoms with E-state index >= 15 is 0 Å². The summed E-state index contributed by atoms with van der Waals surface area (Å²) in [5.41, 5.74) is 1.94. The molecule has 0 radical (unpaired) electrons. The minimum Gasteiger partial charge on any atom is -0.341 e. The standard InChI is InChI=1S/C30H41N3O3/c34-27(33-14-4-6-26(33)28(35)32-12-1-2-13-32)7-3-5-21-8-10-25(11-9-21)31-29(36)30-18-22-15-23(19-30)17-24(16-22)20-30/h8-11,22-24,26H,1-7,12-20H2,(H,31,36)/t22?,23?,24?,26-,30?/m0/s1. The number of amides is 3. The highest BCUT2D eigenvalue weighted by Gasteiger charge is 2.54. The highest BCUT2D eigenvalue weighted by molar-refractivity contribution is 5.95. The Hall–Kier alpha value is -2.37. The number of aryl methyl sites for hydroxylation is 1. The molecule has 6 aliphatic rings. The quantitative estimate of drug-likeness (QED) is 0.597. The van der Waals surface area contributed by atoms with Crippen molar-refractivity contribution >= 4 is 23.4 Å². The number of likely N-dealkylation sites (tertiary alicyclic amines) is 2. The van der Waals surface area contributed by atoms with Crippen molar-refractivity contribution in [1.82, 2.24) is 9.80 Å². The van der Waals surface area contributed by atoms with Gasteiger partial charge in [0.05, 0.1) is 5.41 Å². The molecule has 1 N–H and O–H groups in total. The third-order valence-corrected chi connectivity index (χ3v) is 9.86. The second-order valence-corrected chi connectivity index (χ2v) is 12.5. The van der Waals surface area contributed by atoms with E-state index in [1.807, 2.05) is 21.9 Å². The van der Waals surface area contributed by atoms with Crippen LogP contribution in [0.1, 0.15) is 82.6 Å². The van der Waals surface area contributed by atoms with E-state index in [9.17, 15) is 14.4 Å². The van der Waals surface area contributed by atoms with Gasteiger partial charge in [-0.2, -0.15) is 0 Å². The van der Waals surface area contributed by atoms with Crippen molar-refractivity contribution in [2.24, 2.45) is 23.2 Å². The minimum atomic E-state index is -0.243. The van der Waals surface area contributed by atoms with Crippen molar-refractivity contribution in [1.29, 1.82) is 0 Å². The first-order valence-electron chi connectivity index (χ1n) is 14.5. The molecule has 0 unspecified atom stereocenters. The number of benzene rings is 1. The number of rotatable bonds is 7. The molecule has 2 saturated heterocycles. The SMILES string of the molecule is O=C([C@@H]1CCCN1C(=O)CCCc1ccc(NC(=O)C23CC4CC(CC(C4)C2)C3)cc1)N1CCCC1. The van der Waals surface area contributed by atoms with Gasteiger partial charge in [0.15, 0.2) is 0 Å². The van der Waals surface area contributed by atoms with Crippen LogP contribution < -0.4 is 5.32 Å². The highest BCUT2D eigenvalue weighted by Crippen LogP contribution is 2.60. The summed E-state index contributed by atoms with van der Waals surface area (Å²) in [6.07, 6.45) is 13.2. The molecule has 3 amide bonds. The summed E-state index contributed by atoms with van der Waals surface area (Å²) in [4.78, 5) is 42.8. The van der Waals surface area contributed by atoms with Crippen molar-refractivity contribution in [2.75, 3.05) is 25.0 Å². The van der Waals surface area contributed by atoms with Gasteiger partial charge in [0.1, 0.15) is 6.04 Å². The van der Waals surface area contributed by atoms with E-state index in [2.05, 4.69) is 17.4 Å². The van der Waals surface area contributed by atoms with Crippen LogP contribution in [-0.2, 0) is 20.8 Å². The molecular weight excluding hydrogens is 450 g/mol. The Morgan fingerprint density at radius 3 is 2.14 bits per heavy atom. The second-order valence-electron chi connectivity index (χ2n) is 12.5. The lowest BCUT2D eigenvalue weighted by molar-refractivity contribution is -0.143. The predicted molar refractivity (Wildman–Crippen MR) is 139 cm³/mol. The van der Waals surface area contributed by atoms with Gasteiger partial charge < -0.3 is 15.1 Å². The molecule has 1 atom stereocenters. The van der Waals surface area contributed by atoms with Crippen LogP contribution >= 0.6 is 0 Å². The fourth-order valence-electron chi connectivity index (χ4n) is 8.46. The van der Waals surface area contributed by atoms with E-state index in [0.717, 1.165) is 94.3 Å². The number of anilines is 1. The third-order valence-electron chi connectivity index (χ3n) is 9.86. The monoisotopic (exact) mass is 491 g/mol. The highest BCUT2D eigenvalue weighted by atomic mass is 16.2. The minimum absolute atomic E-state index is 0.115. The average Bonchev–Trinajstić information content (AvgIpc) is 3.57. The Bertz CT molecular complexity index is 962. The zero-order chi connectivity index (χ0) is 24.7. The molecule has 6 fully saturated rings. The maximum atomic E-state index is 13.3. The molecule has 0 aromatic heterocycles. The van der Waals surface area contributed by atoms with Gasteiger partial charge in [0.25, 0.3) is 0 Å². The molecular formula is C30H41N3O3. The molecule has 2 heterocycles. The molecule has 2 aliphatic heterocycles. The van der Waals surface area contributed by atoms with Crippen LogP contribution in [0, 0.1) is 23.2 Å². The van der Waals surface area contributed by atoms with Crippen LogP contribution in [-0.4, -0.2) is 53.2 Å². The number of carbonyl (C=O) groups is 3. The molecule has 4 bridgehead atoms. The van der Waals surface area contributed by atoms with Gasteiger partial charge >= 0.3 is 0 Å². The molecule has 7 rings (SSSR count). The Morgan fingerprint density at radius 2 is 1.50 bits per heavy atom. The van der Waals surface area contributed by atoms with Gasteiger partial charge in [-0.1, -0.05) is 12.1 Å². The van der Waals surface area contributed by atoms with Crippen molar-refractivity contribution < 1.29 is 14.4 Å². The van der Waals surface area contributed by atoms with Gasteiger partial charge in [-0.25, -0.2) is 0 Å². The van der Waals surface area contributed by atoms with Crippen LogP contribution in [0.4, 0.5) is 5.69 Å². The van der Waals surface area contributed by atoms with E-state index in [1.54, 1.807) is 0 Å². The zero-order valence-electron chi connectivity index (χ0n) is 21.6. The topological polar surface area (TPSA) is 69.7 Å². The molecule has 4 saturated carbocycles. The van der Waals surface area contributed by atoms with Crippen molar-refractivity contribution in [3.05, 3.63) is 29.8 Å². The van der Waals surface area contributed by atoms with E-state index in [4.69, 9.17) is 0 Å². The maximum absolute atomic E-state index is 13.3. The maximum Gasteiger partial charge on any atom is 0.245 e. The first-order valence-corrected chi connectivity index (χ1v) is 14.5. The molecule has 1 aromatic carbocycles. The van der Waals surface area contributed by atoms with Gasteiger partial charge in [-0.3, -0.25) is 14.4 Å². The van der Waals surface area contributed by atoms with E-state index in [0.29, 0.717) is 13.0 Å². The Kier molecular flexibility index (Phi) is 6.55. The van der Waals surface area contributed by atoms with E-state index in [-0.39, 0.29) is 29.2 Å². The molecule has 6 heteroatoms. The fraction of sp³-hybridized carbons (Fsp3) is 0.700. The molecule has 4 aliphatic carbocycles. The van der Waals surface area contributed by atoms with E-state index < -0.39 is 0 Å². The molecule has 1 aromatic rings. The van der Waals surface area contributed by atoms with Gasteiger partial charge in [0.2, 0.25) is 17.7 Å². The predicted octanol–water partition coefficient (Wildman–Crippen LogP) is 4.78. The number of hydrogen-bond acceptors (Lipinski definition) is 3. The first-order chi connectivity index (χ1) is 17.5. The summed E-state index contributed by atoms with van der Waals surface area (Å²) in [6.45, 7) is 2.40. The molecule has 36 heavy (non-hydrogen) atoms. The summed E-state index contributed by atoms with van der Waals surface area (Å²) in [5, 5.41) is 3.24. The van der Waals surface area contributed by atoms with Crippen LogP contribution in [0.15, 0.2) is 24.3 Å². The van der Waals surface area contributed by atoms with Crippen molar-refractivity contribution in [3.63, 3.8) is 0 Å². The van der Waals surface area contributed by atoms with Gasteiger partial charge in [0, 0.05) is 31.7 Å². The Balaban J connectivity index is 0.980. The summed E-state index contributed by atoms with van der Waals surface area (Å²) in [6, 6.07) is 7.94. The van der Waals surface area contributed by atoms with Crippen molar-refractivity contribution in [2.45, 2.75) is 89.5 Å². The number of hydrogen-bond donors (Lipinski definition) is 1. The smallest absolute Gasteiger partial charge is 0.245 e. The molecule has 0 spiro atoms. The number of nitrogens with one attached hydrogen (secondary N) is 1. The lowest BCUT2D eigenvalue weighted by atomic mass is 9.49. The molecule has 194 valence electrons. The molecule has 6 nitrogen and oxygen atoms in total. The first kappa shape index (κ1) is 24.0. The van der Waals surface area contributed by atoms with Crippen LogP contribution in [0.2, 0.25) is 0 Å². The fourth-order valence-corrected chi connectivity index (χ4v) is 8.46. The van der Waals surface area contributed by atoms with Crippen LogP contribution in [0.5, 0.6) is 0 Å². The van der Waals surface area contributed by atoms with Crippen LogP contribution in [0.25, 0.3) is 0 Å². The van der Waals surface area contributed by atoms with Crippen LogP contribution in [0.3, 0.4) is 0 Å². The second kappa shape index (κ2) is 9.83. The largest absolute Gasteiger partial charge is 0.341 e. The summed E-state index contributed by atoms with van der Waals surface area (Å²) in [5.74, 6) is 2.81.